The molecule has 3 fully saturated rings. The number of aromatic hydroxyl groups is 1. The summed E-state index contributed by atoms with van der Waals surface area (Å²) in [5.74, 6) is -1.82. The molecule has 158 valence electrons. The molecule has 2 bridgehead atoms. The fraction of sp³-hybridized carbons (Fsp3) is 0.364. The molecule has 0 radical (unpaired) electrons. The first kappa shape index (κ1) is 20.2. The number of anilines is 1. The lowest BCUT2D eigenvalue weighted by molar-refractivity contribution is -0.0311. The summed E-state index contributed by atoms with van der Waals surface area (Å²) in [7, 11) is 0. The molecule has 2 N–H and O–H groups in total. The number of ether oxygens (including phenoxy) is 1. The van der Waals surface area contributed by atoms with Gasteiger partial charge in [-0.25, -0.2) is 14.0 Å². The number of aromatic carboxylic acids is 1. The lowest BCUT2D eigenvalue weighted by atomic mass is 9.86. The summed E-state index contributed by atoms with van der Waals surface area (Å²) in [5.41, 5.74) is 0.553. The summed E-state index contributed by atoms with van der Waals surface area (Å²) in [6, 6.07) is 9.65. The number of amides is 1. The van der Waals surface area contributed by atoms with Gasteiger partial charge in [0.05, 0.1) is 17.8 Å². The average molecular weight is 414 g/mol. The van der Waals surface area contributed by atoms with E-state index in [4.69, 9.17) is 4.74 Å². The molecule has 30 heavy (non-hydrogen) atoms. The van der Waals surface area contributed by atoms with Crippen LogP contribution in [0.4, 0.5) is 14.9 Å². The zero-order chi connectivity index (χ0) is 21.3. The van der Waals surface area contributed by atoms with Gasteiger partial charge in [0, 0.05) is 12.6 Å². The fourth-order valence-corrected chi connectivity index (χ4v) is 4.19. The number of rotatable bonds is 5. The minimum atomic E-state index is -1.09. The Morgan fingerprint density at radius 1 is 1.17 bits per heavy atom. The van der Waals surface area contributed by atoms with Crippen molar-refractivity contribution in [2.45, 2.75) is 25.5 Å². The first-order valence-corrected chi connectivity index (χ1v) is 9.92. The van der Waals surface area contributed by atoms with E-state index in [2.05, 4.69) is 4.90 Å². The zero-order valence-electron chi connectivity index (χ0n) is 16.3. The van der Waals surface area contributed by atoms with Crippen molar-refractivity contribution in [2.24, 2.45) is 5.92 Å². The van der Waals surface area contributed by atoms with E-state index in [1.807, 2.05) is 0 Å². The van der Waals surface area contributed by atoms with Crippen molar-refractivity contribution in [1.29, 1.82) is 0 Å². The van der Waals surface area contributed by atoms with E-state index in [0.717, 1.165) is 36.9 Å². The molecule has 0 spiro atoms. The highest BCUT2D eigenvalue weighted by Crippen LogP contribution is 2.31. The maximum Gasteiger partial charge on any atom is 0.415 e. The number of fused-ring (bicyclic) bond motifs is 3. The van der Waals surface area contributed by atoms with Crippen LogP contribution in [-0.2, 0) is 11.3 Å². The van der Waals surface area contributed by atoms with Crippen LogP contribution in [0, 0.1) is 11.7 Å². The van der Waals surface area contributed by atoms with E-state index < -0.39 is 17.9 Å². The highest BCUT2D eigenvalue weighted by Gasteiger charge is 2.37. The molecule has 8 heteroatoms. The van der Waals surface area contributed by atoms with Crippen LogP contribution < -0.4 is 4.90 Å². The number of nitrogens with zero attached hydrogens (tertiary/aromatic N) is 2. The minimum absolute atomic E-state index is 0.0418. The quantitative estimate of drug-likeness (QED) is 0.779. The van der Waals surface area contributed by atoms with Crippen LogP contribution in [0.3, 0.4) is 0 Å². The monoisotopic (exact) mass is 414 g/mol. The van der Waals surface area contributed by atoms with Crippen molar-refractivity contribution in [3.05, 3.63) is 59.4 Å². The molecule has 3 aliphatic heterocycles. The van der Waals surface area contributed by atoms with Gasteiger partial charge in [0.2, 0.25) is 0 Å². The Bertz CT molecular complexity index is 958. The van der Waals surface area contributed by atoms with Gasteiger partial charge in [0.25, 0.3) is 0 Å². The van der Waals surface area contributed by atoms with Crippen molar-refractivity contribution in [3.8, 4) is 5.75 Å². The first-order valence-electron chi connectivity index (χ1n) is 9.92. The highest BCUT2D eigenvalue weighted by atomic mass is 19.1. The molecule has 0 aromatic heterocycles. The van der Waals surface area contributed by atoms with Gasteiger partial charge in [-0.15, -0.1) is 0 Å². The molecule has 3 aliphatic rings. The predicted octanol–water partition coefficient (Wildman–Crippen LogP) is 3.47. The number of carbonyl (C=O) groups excluding carboxylic acids is 1. The number of phenols is 1. The number of benzene rings is 2. The van der Waals surface area contributed by atoms with Crippen molar-refractivity contribution in [1.82, 2.24) is 4.90 Å². The molecule has 3 saturated heterocycles. The lowest BCUT2D eigenvalue weighted by Gasteiger charge is -2.44. The third-order valence-electron chi connectivity index (χ3n) is 5.81. The van der Waals surface area contributed by atoms with Crippen LogP contribution in [0.2, 0.25) is 0 Å². The van der Waals surface area contributed by atoms with Crippen LogP contribution in [0.5, 0.6) is 5.75 Å². The molecule has 2 aromatic carbocycles. The number of hydrogen-bond acceptors (Lipinski definition) is 5. The Hall–Kier alpha value is -3.13. The number of piperidine rings is 3. The Kier molecular flexibility index (Phi) is 5.59. The largest absolute Gasteiger partial charge is 0.508 e. The number of carbonyl (C=O) groups is 2. The molecule has 7 nitrogen and oxygen atoms in total. The number of phenolic OH excluding ortho intramolecular Hbond substituents is 1. The summed E-state index contributed by atoms with van der Waals surface area (Å²) < 4.78 is 20.4. The molecular formula is C22H23FN2O5. The second-order valence-corrected chi connectivity index (χ2v) is 7.79. The van der Waals surface area contributed by atoms with E-state index in [1.54, 1.807) is 12.1 Å². The summed E-state index contributed by atoms with van der Waals surface area (Å²) >= 11 is 0. The van der Waals surface area contributed by atoms with Gasteiger partial charge in [-0.2, -0.15) is 0 Å². The predicted molar refractivity (Wildman–Crippen MR) is 107 cm³/mol. The van der Waals surface area contributed by atoms with E-state index in [-0.39, 0.29) is 29.6 Å². The van der Waals surface area contributed by atoms with Crippen molar-refractivity contribution in [2.75, 3.05) is 24.5 Å². The molecule has 3 heterocycles. The van der Waals surface area contributed by atoms with Gasteiger partial charge in [-0.05, 0) is 61.7 Å². The molecule has 1 atom stereocenters. The second-order valence-electron chi connectivity index (χ2n) is 7.79. The molecule has 5 rings (SSSR count). The Labute approximate surface area is 173 Å². The van der Waals surface area contributed by atoms with Gasteiger partial charge in [-0.3, -0.25) is 9.80 Å². The molecule has 2 aromatic rings. The first-order chi connectivity index (χ1) is 14.4. The van der Waals surface area contributed by atoms with Gasteiger partial charge >= 0.3 is 12.1 Å². The molecule has 0 saturated carbocycles. The SMILES string of the molecule is O=C(O)c1cccc(CN(C(=O)O[C@H]2CN3CCC2CC3)c2ccc(O)cc2F)c1. The van der Waals surface area contributed by atoms with Crippen LogP contribution in [0.15, 0.2) is 42.5 Å². The maximum atomic E-state index is 14.6. The standard InChI is InChI=1S/C22H23FN2O5/c23-18-11-17(26)4-5-19(18)25(12-14-2-1-3-16(10-14)21(27)28)22(29)30-20-13-24-8-6-15(20)7-9-24/h1-5,10-11,15,20,26H,6-9,12-13H2,(H,27,28)/t20-/m0/s1. The number of halogens is 1. The van der Waals surface area contributed by atoms with Crippen LogP contribution in [0.1, 0.15) is 28.8 Å². The van der Waals surface area contributed by atoms with Crippen LogP contribution in [0.25, 0.3) is 0 Å². The Morgan fingerprint density at radius 2 is 1.93 bits per heavy atom. The number of carboxylic acid groups (broad SMARTS) is 1. The lowest BCUT2D eigenvalue weighted by Crippen LogP contribution is -2.53. The number of carboxylic acids is 1. The number of hydrogen-bond donors (Lipinski definition) is 2. The fourth-order valence-electron chi connectivity index (χ4n) is 4.19. The van der Waals surface area contributed by atoms with Gasteiger partial charge in [-0.1, -0.05) is 12.1 Å². The topological polar surface area (TPSA) is 90.3 Å². The Balaban J connectivity index is 1.60. The summed E-state index contributed by atoms with van der Waals surface area (Å²) in [6.45, 7) is 2.59. The van der Waals surface area contributed by atoms with Gasteiger partial charge in [0.1, 0.15) is 11.9 Å². The van der Waals surface area contributed by atoms with Gasteiger partial charge in [0.15, 0.2) is 5.82 Å². The van der Waals surface area contributed by atoms with E-state index in [0.29, 0.717) is 18.0 Å². The average Bonchev–Trinajstić information content (AvgIpc) is 2.73. The smallest absolute Gasteiger partial charge is 0.415 e. The Morgan fingerprint density at radius 3 is 2.57 bits per heavy atom. The normalized spacial score (nSPS) is 22.5. The molecule has 0 unspecified atom stereocenters. The third kappa shape index (κ3) is 4.23. The van der Waals surface area contributed by atoms with Gasteiger partial charge < -0.3 is 14.9 Å². The highest BCUT2D eigenvalue weighted by molar-refractivity contribution is 5.89. The second kappa shape index (κ2) is 8.31. The van der Waals surface area contributed by atoms with Crippen molar-refractivity contribution in [3.63, 3.8) is 0 Å². The summed E-state index contributed by atoms with van der Waals surface area (Å²) in [6.07, 6.45) is 0.977. The third-order valence-corrected chi connectivity index (χ3v) is 5.81. The molecule has 0 aliphatic carbocycles. The minimum Gasteiger partial charge on any atom is -0.508 e. The summed E-state index contributed by atoms with van der Waals surface area (Å²) in [4.78, 5) is 27.8. The van der Waals surface area contributed by atoms with E-state index in [1.165, 1.54) is 24.3 Å². The zero-order valence-corrected chi connectivity index (χ0v) is 16.3. The maximum absolute atomic E-state index is 14.6. The summed E-state index contributed by atoms with van der Waals surface area (Å²) in [5, 5.41) is 18.8. The van der Waals surface area contributed by atoms with Crippen molar-refractivity contribution < 1.29 is 28.9 Å². The van der Waals surface area contributed by atoms with E-state index in [9.17, 15) is 24.2 Å². The van der Waals surface area contributed by atoms with Crippen LogP contribution >= 0.6 is 0 Å². The van der Waals surface area contributed by atoms with E-state index >= 15 is 0 Å². The molecular weight excluding hydrogens is 391 g/mol. The van der Waals surface area contributed by atoms with Crippen LogP contribution in [-0.4, -0.2) is 52.9 Å². The molecule has 1 amide bonds. The van der Waals surface area contributed by atoms with Crippen molar-refractivity contribution >= 4 is 17.7 Å².